The summed E-state index contributed by atoms with van der Waals surface area (Å²) in [6, 6.07) is 7.54. The molecule has 7 nitrogen and oxygen atoms in total. The third-order valence-corrected chi connectivity index (χ3v) is 4.19. The summed E-state index contributed by atoms with van der Waals surface area (Å²) in [7, 11) is 1.41. The molecule has 8 heteroatoms. The van der Waals surface area contributed by atoms with Gasteiger partial charge in [-0.15, -0.1) is 24.0 Å². The first-order valence-electron chi connectivity index (χ1n) is 8.78. The number of ether oxygens (including phenoxy) is 1. The first-order valence-corrected chi connectivity index (χ1v) is 8.78. The molecule has 0 aromatic heterocycles. The van der Waals surface area contributed by atoms with Crippen LogP contribution < -0.4 is 10.6 Å². The Kier molecular flexibility index (Phi) is 10.2. The molecule has 1 aliphatic heterocycles. The van der Waals surface area contributed by atoms with E-state index in [1.807, 2.05) is 19.1 Å². The molecular formula is C18H29IN4O3. The molecule has 0 radical (unpaired) electrons. The Balaban J connectivity index is 0.00000338. The Morgan fingerprint density at radius 1 is 1.38 bits per heavy atom. The fourth-order valence-electron chi connectivity index (χ4n) is 2.86. The SMILES string of the molecule is CCNC(=NCCc1cccc(O)c1)NC1CCN(C(=O)OC)CC1.I. The second-order valence-corrected chi connectivity index (χ2v) is 6.06. The number of rotatable bonds is 5. The molecule has 1 saturated heterocycles. The monoisotopic (exact) mass is 476 g/mol. The van der Waals surface area contributed by atoms with Gasteiger partial charge in [-0.25, -0.2) is 4.79 Å². The van der Waals surface area contributed by atoms with E-state index in [9.17, 15) is 9.90 Å². The second-order valence-electron chi connectivity index (χ2n) is 6.06. The molecule has 1 aromatic rings. The highest BCUT2D eigenvalue weighted by molar-refractivity contribution is 14.0. The van der Waals surface area contributed by atoms with Crippen molar-refractivity contribution in [3.8, 4) is 5.75 Å². The average molecular weight is 476 g/mol. The van der Waals surface area contributed by atoms with E-state index in [-0.39, 0.29) is 35.8 Å². The number of hydrogen-bond donors (Lipinski definition) is 3. The second kappa shape index (κ2) is 11.8. The number of piperidine rings is 1. The van der Waals surface area contributed by atoms with E-state index in [2.05, 4.69) is 15.6 Å². The number of amides is 1. The van der Waals surface area contributed by atoms with E-state index in [4.69, 9.17) is 4.74 Å². The lowest BCUT2D eigenvalue weighted by molar-refractivity contribution is 0.111. The minimum absolute atomic E-state index is 0. The highest BCUT2D eigenvalue weighted by Gasteiger charge is 2.23. The third kappa shape index (κ3) is 7.27. The smallest absolute Gasteiger partial charge is 0.409 e. The number of nitrogens with zero attached hydrogens (tertiary/aromatic N) is 2. The van der Waals surface area contributed by atoms with Crippen LogP contribution in [0.1, 0.15) is 25.3 Å². The van der Waals surface area contributed by atoms with Crippen molar-refractivity contribution in [2.75, 3.05) is 33.3 Å². The van der Waals surface area contributed by atoms with Crippen LogP contribution >= 0.6 is 24.0 Å². The minimum atomic E-state index is -0.259. The number of halogens is 1. The van der Waals surface area contributed by atoms with E-state index >= 15 is 0 Å². The van der Waals surface area contributed by atoms with Gasteiger partial charge in [0.1, 0.15) is 5.75 Å². The van der Waals surface area contributed by atoms with E-state index < -0.39 is 0 Å². The van der Waals surface area contributed by atoms with Crippen LogP contribution in [0.25, 0.3) is 0 Å². The molecule has 1 amide bonds. The van der Waals surface area contributed by atoms with Crippen LogP contribution in [-0.4, -0.2) is 61.4 Å². The van der Waals surface area contributed by atoms with Crippen LogP contribution in [0.3, 0.4) is 0 Å². The van der Waals surface area contributed by atoms with Gasteiger partial charge in [0.15, 0.2) is 5.96 Å². The van der Waals surface area contributed by atoms with Crippen LogP contribution in [-0.2, 0) is 11.2 Å². The van der Waals surface area contributed by atoms with Gasteiger partial charge in [0.25, 0.3) is 0 Å². The van der Waals surface area contributed by atoms with Gasteiger partial charge < -0.3 is 25.4 Å². The van der Waals surface area contributed by atoms with Crippen LogP contribution in [0, 0.1) is 0 Å². The van der Waals surface area contributed by atoms with E-state index in [0.29, 0.717) is 25.7 Å². The van der Waals surface area contributed by atoms with Crippen molar-refractivity contribution >= 4 is 36.0 Å². The molecule has 0 aliphatic carbocycles. The summed E-state index contributed by atoms with van der Waals surface area (Å²) in [5, 5.41) is 16.2. The van der Waals surface area contributed by atoms with Crippen LogP contribution in [0.15, 0.2) is 29.3 Å². The number of benzene rings is 1. The Morgan fingerprint density at radius 3 is 2.73 bits per heavy atom. The third-order valence-electron chi connectivity index (χ3n) is 4.19. The van der Waals surface area contributed by atoms with Crippen LogP contribution in [0.2, 0.25) is 0 Å². The summed E-state index contributed by atoms with van der Waals surface area (Å²) < 4.78 is 4.76. The summed E-state index contributed by atoms with van der Waals surface area (Å²) in [4.78, 5) is 17.9. The van der Waals surface area contributed by atoms with Crippen LogP contribution in [0.5, 0.6) is 5.75 Å². The molecule has 0 bridgehead atoms. The molecule has 0 spiro atoms. The number of carbonyl (C=O) groups is 1. The van der Waals surface area contributed by atoms with Crippen molar-refractivity contribution in [1.29, 1.82) is 0 Å². The van der Waals surface area contributed by atoms with Crippen molar-refractivity contribution in [2.24, 2.45) is 4.99 Å². The topological polar surface area (TPSA) is 86.2 Å². The van der Waals surface area contributed by atoms with Gasteiger partial charge >= 0.3 is 6.09 Å². The summed E-state index contributed by atoms with van der Waals surface area (Å²) in [6.45, 7) is 4.84. The largest absolute Gasteiger partial charge is 0.508 e. The number of phenolic OH excluding ortho intramolecular Hbond substituents is 1. The Hall–Kier alpha value is -1.71. The summed E-state index contributed by atoms with van der Waals surface area (Å²) in [5.74, 6) is 1.07. The van der Waals surface area contributed by atoms with E-state index in [1.165, 1.54) is 7.11 Å². The molecule has 26 heavy (non-hydrogen) atoms. The Bertz CT molecular complexity index is 590. The van der Waals surface area contributed by atoms with Crippen molar-refractivity contribution in [2.45, 2.75) is 32.2 Å². The predicted octanol–water partition coefficient (Wildman–Crippen LogP) is 2.34. The maximum atomic E-state index is 11.5. The number of guanidine groups is 1. The number of aliphatic imine (C=N–C) groups is 1. The maximum absolute atomic E-state index is 11.5. The van der Waals surface area contributed by atoms with Crippen molar-refractivity contribution in [3.05, 3.63) is 29.8 Å². The zero-order valence-corrected chi connectivity index (χ0v) is 17.7. The molecule has 146 valence electrons. The zero-order chi connectivity index (χ0) is 18.1. The molecule has 1 aliphatic rings. The van der Waals surface area contributed by atoms with Gasteiger partial charge in [-0.3, -0.25) is 4.99 Å². The number of aromatic hydroxyl groups is 1. The highest BCUT2D eigenvalue weighted by Crippen LogP contribution is 2.12. The van der Waals surface area contributed by atoms with Crippen LogP contribution in [0.4, 0.5) is 4.79 Å². The molecule has 1 heterocycles. The molecule has 0 saturated carbocycles. The van der Waals surface area contributed by atoms with E-state index in [1.54, 1.807) is 17.0 Å². The zero-order valence-electron chi connectivity index (χ0n) is 15.4. The summed E-state index contributed by atoms with van der Waals surface area (Å²) >= 11 is 0. The maximum Gasteiger partial charge on any atom is 0.409 e. The van der Waals surface area contributed by atoms with Gasteiger partial charge in [-0.05, 0) is 43.9 Å². The minimum Gasteiger partial charge on any atom is -0.508 e. The van der Waals surface area contributed by atoms with Gasteiger partial charge in [0, 0.05) is 32.2 Å². The molecule has 0 unspecified atom stereocenters. The Labute approximate surface area is 172 Å². The van der Waals surface area contributed by atoms with Gasteiger partial charge in [-0.2, -0.15) is 0 Å². The molecule has 2 rings (SSSR count). The molecule has 1 fully saturated rings. The Morgan fingerprint density at radius 2 is 2.12 bits per heavy atom. The fraction of sp³-hybridized carbons (Fsp3) is 0.556. The summed E-state index contributed by atoms with van der Waals surface area (Å²) in [6.07, 6.45) is 2.24. The molecular weight excluding hydrogens is 447 g/mol. The normalized spacial score (nSPS) is 15.2. The molecule has 1 aromatic carbocycles. The lowest BCUT2D eigenvalue weighted by Crippen LogP contribution is -2.49. The number of hydrogen-bond acceptors (Lipinski definition) is 4. The fourth-order valence-corrected chi connectivity index (χ4v) is 2.86. The van der Waals surface area contributed by atoms with Crippen molar-refractivity contribution < 1.29 is 14.6 Å². The lowest BCUT2D eigenvalue weighted by Gasteiger charge is -2.32. The van der Waals surface area contributed by atoms with Crippen molar-refractivity contribution in [1.82, 2.24) is 15.5 Å². The average Bonchev–Trinajstić information content (AvgIpc) is 2.62. The quantitative estimate of drug-likeness (QED) is 0.345. The standard InChI is InChI=1S/C18H28N4O3.HI/c1-3-19-17(20-10-7-14-5-4-6-16(23)13-14)21-15-8-11-22(12-9-15)18(24)25-2;/h4-6,13,15,23H,3,7-12H2,1-2H3,(H2,19,20,21);1H. The number of likely N-dealkylation sites (tertiary alicyclic amines) is 1. The number of nitrogens with one attached hydrogen (secondary N) is 2. The first kappa shape index (κ1) is 22.3. The predicted molar refractivity (Wildman–Crippen MR) is 113 cm³/mol. The molecule has 3 N–H and O–H groups in total. The number of methoxy groups -OCH3 is 1. The van der Waals surface area contributed by atoms with Gasteiger partial charge in [0.2, 0.25) is 0 Å². The highest BCUT2D eigenvalue weighted by atomic mass is 127. The van der Waals surface area contributed by atoms with Gasteiger partial charge in [-0.1, -0.05) is 12.1 Å². The van der Waals surface area contributed by atoms with Gasteiger partial charge in [0.05, 0.1) is 7.11 Å². The number of carbonyl (C=O) groups excluding carboxylic acids is 1. The first-order chi connectivity index (χ1) is 12.1. The van der Waals surface area contributed by atoms with E-state index in [0.717, 1.165) is 37.3 Å². The molecule has 0 atom stereocenters. The lowest BCUT2D eigenvalue weighted by atomic mass is 10.1. The summed E-state index contributed by atoms with van der Waals surface area (Å²) in [5.41, 5.74) is 1.06. The van der Waals surface area contributed by atoms with Crippen molar-refractivity contribution in [3.63, 3.8) is 0 Å². The number of phenols is 1.